The summed E-state index contributed by atoms with van der Waals surface area (Å²) in [4.78, 5) is 6.66. The molecule has 0 bridgehead atoms. The minimum Gasteiger partial charge on any atom is -0.349 e. The molecule has 0 amide bonds. The number of allylic oxidation sites excluding steroid dienone is 1. The number of aryl methyl sites for hydroxylation is 1. The summed E-state index contributed by atoms with van der Waals surface area (Å²) in [7, 11) is 0. The van der Waals surface area contributed by atoms with Crippen LogP contribution in [0, 0.1) is 12.8 Å². The lowest BCUT2D eigenvalue weighted by molar-refractivity contribution is 0.0121. The van der Waals surface area contributed by atoms with Crippen molar-refractivity contribution in [3.63, 3.8) is 0 Å². The first-order chi connectivity index (χ1) is 14.4. The Hall–Kier alpha value is -1.21. The highest BCUT2D eigenvalue weighted by atomic mass is 16.7. The van der Waals surface area contributed by atoms with Gasteiger partial charge < -0.3 is 25.5 Å². The van der Waals surface area contributed by atoms with Gasteiger partial charge >= 0.3 is 0 Å². The quantitative estimate of drug-likeness (QED) is 0.528. The summed E-state index contributed by atoms with van der Waals surface area (Å²) >= 11 is 0. The maximum absolute atomic E-state index is 5.74. The van der Waals surface area contributed by atoms with Gasteiger partial charge in [0, 0.05) is 31.0 Å². The molecular weight excluding hydrogens is 376 g/mol. The predicted molar refractivity (Wildman–Crippen MR) is 125 cm³/mol. The first-order valence-electron chi connectivity index (χ1n) is 11.6. The molecule has 3 rings (SSSR count). The summed E-state index contributed by atoms with van der Waals surface area (Å²) in [6.07, 6.45) is 16.0. The Labute approximate surface area is 184 Å². The molecule has 4 N–H and O–H groups in total. The fourth-order valence-corrected chi connectivity index (χ4v) is 4.09. The van der Waals surface area contributed by atoms with Crippen LogP contribution in [-0.2, 0) is 9.47 Å². The van der Waals surface area contributed by atoms with Gasteiger partial charge in [0.25, 0.3) is 0 Å². The fourth-order valence-electron chi connectivity index (χ4n) is 4.09. The highest BCUT2D eigenvalue weighted by Gasteiger charge is 2.37. The Balaban J connectivity index is 0.000000415. The van der Waals surface area contributed by atoms with Crippen molar-refractivity contribution in [1.29, 1.82) is 0 Å². The summed E-state index contributed by atoms with van der Waals surface area (Å²) in [5.41, 5.74) is 6.63. The van der Waals surface area contributed by atoms with Crippen molar-refractivity contribution in [1.82, 2.24) is 15.3 Å². The maximum atomic E-state index is 5.74. The highest BCUT2D eigenvalue weighted by molar-refractivity contribution is 4.88. The number of nitrogens with one attached hydrogen (secondary N) is 2. The molecule has 0 spiro atoms. The summed E-state index contributed by atoms with van der Waals surface area (Å²) in [6.45, 7) is 13.6. The Bertz CT molecular complexity index is 527. The number of H-pyrrole nitrogens is 1. The number of hydrogen-bond donors (Lipinski definition) is 3. The molecule has 174 valence electrons. The molecule has 30 heavy (non-hydrogen) atoms. The molecule has 6 nitrogen and oxygen atoms in total. The molecule has 6 heteroatoms. The van der Waals surface area contributed by atoms with Gasteiger partial charge in [-0.25, -0.2) is 4.98 Å². The van der Waals surface area contributed by atoms with Crippen LogP contribution in [0.5, 0.6) is 0 Å². The first kappa shape index (κ1) is 26.8. The van der Waals surface area contributed by atoms with Crippen molar-refractivity contribution in [2.75, 3.05) is 19.9 Å². The van der Waals surface area contributed by atoms with E-state index in [1.54, 1.807) is 18.6 Å². The number of imidazole rings is 1. The number of ether oxygens (including phenoxy) is 2. The standard InChI is InChI=1S/C17H34N2O2.C4H6N2.C3H6/c1-17(2)16(20-13-21-17)9-8-15(19-11-10-18)12-14-6-4-3-5-7-14;1-4-2-5-3-6-4;1-3-2/h14-16,19H,3-13,18H2,1-2H3;2-3H,1H3,(H,5,6);3H,1H2,2H3/t15-,16?;;/m1../s1. The van der Waals surface area contributed by atoms with E-state index >= 15 is 0 Å². The number of aromatic amines is 1. The lowest BCUT2D eigenvalue weighted by Crippen LogP contribution is -2.38. The van der Waals surface area contributed by atoms with E-state index in [1.807, 2.05) is 13.8 Å². The number of hydrogen-bond acceptors (Lipinski definition) is 5. The normalized spacial score (nSPS) is 21.7. The summed E-state index contributed by atoms with van der Waals surface area (Å²) < 4.78 is 11.4. The molecule has 2 fully saturated rings. The van der Waals surface area contributed by atoms with Crippen molar-refractivity contribution in [2.45, 2.75) is 96.8 Å². The molecule has 2 atom stereocenters. The van der Waals surface area contributed by atoms with Gasteiger partial charge in [-0.15, -0.1) is 6.58 Å². The maximum Gasteiger partial charge on any atom is 0.148 e. The van der Waals surface area contributed by atoms with Crippen molar-refractivity contribution in [3.8, 4) is 0 Å². The van der Waals surface area contributed by atoms with Crippen molar-refractivity contribution in [3.05, 3.63) is 30.9 Å². The molecule has 1 aromatic heterocycles. The molecule has 2 heterocycles. The molecule has 2 aliphatic rings. The second kappa shape index (κ2) is 15.6. The number of nitrogens with two attached hydrogens (primary N) is 1. The molecule has 1 saturated heterocycles. The molecule has 1 aromatic rings. The van der Waals surface area contributed by atoms with Crippen molar-refractivity contribution in [2.24, 2.45) is 11.7 Å². The third-order valence-corrected chi connectivity index (χ3v) is 5.81. The van der Waals surface area contributed by atoms with Gasteiger partial charge in [-0.1, -0.05) is 38.2 Å². The highest BCUT2D eigenvalue weighted by Crippen LogP contribution is 2.31. The minimum atomic E-state index is -0.136. The van der Waals surface area contributed by atoms with Crippen molar-refractivity contribution < 1.29 is 9.47 Å². The molecule has 1 aliphatic heterocycles. The summed E-state index contributed by atoms with van der Waals surface area (Å²) in [6, 6.07) is 0.580. The largest absolute Gasteiger partial charge is 0.349 e. The smallest absolute Gasteiger partial charge is 0.148 e. The van der Waals surface area contributed by atoms with Crippen LogP contribution in [0.1, 0.15) is 77.8 Å². The van der Waals surface area contributed by atoms with Gasteiger partial charge in [0.2, 0.25) is 0 Å². The van der Waals surface area contributed by atoms with E-state index in [4.69, 9.17) is 15.2 Å². The van der Waals surface area contributed by atoms with E-state index in [0.29, 0.717) is 12.8 Å². The van der Waals surface area contributed by atoms with Gasteiger partial charge in [-0.05, 0) is 52.9 Å². The van der Waals surface area contributed by atoms with Gasteiger partial charge in [-0.3, -0.25) is 0 Å². The zero-order valence-electron chi connectivity index (χ0n) is 19.8. The van der Waals surface area contributed by atoms with Gasteiger partial charge in [0.05, 0.1) is 18.0 Å². The van der Waals surface area contributed by atoms with E-state index in [9.17, 15) is 0 Å². The molecule has 0 radical (unpaired) electrons. The lowest BCUT2D eigenvalue weighted by atomic mass is 9.83. The van der Waals surface area contributed by atoms with Crippen LogP contribution in [0.2, 0.25) is 0 Å². The lowest BCUT2D eigenvalue weighted by Gasteiger charge is -2.29. The van der Waals surface area contributed by atoms with Gasteiger partial charge in [0.1, 0.15) is 6.79 Å². The Morgan fingerprint density at radius 1 is 1.37 bits per heavy atom. The Morgan fingerprint density at radius 3 is 2.53 bits per heavy atom. The van der Waals surface area contributed by atoms with Crippen LogP contribution in [0.3, 0.4) is 0 Å². The van der Waals surface area contributed by atoms with Gasteiger partial charge in [-0.2, -0.15) is 0 Å². The van der Waals surface area contributed by atoms with Crippen LogP contribution in [0.15, 0.2) is 25.2 Å². The topological polar surface area (TPSA) is 85.2 Å². The first-order valence-corrected chi connectivity index (χ1v) is 11.6. The predicted octanol–water partition coefficient (Wildman–Crippen LogP) is 4.72. The second-order valence-electron chi connectivity index (χ2n) is 8.92. The van der Waals surface area contributed by atoms with Crippen LogP contribution >= 0.6 is 0 Å². The molecular formula is C24H46N4O2. The van der Waals surface area contributed by atoms with E-state index in [-0.39, 0.29) is 11.7 Å². The third-order valence-electron chi connectivity index (χ3n) is 5.81. The fraction of sp³-hybridized carbons (Fsp3) is 0.792. The van der Waals surface area contributed by atoms with Gasteiger partial charge in [0.15, 0.2) is 0 Å². The van der Waals surface area contributed by atoms with Crippen LogP contribution in [0.4, 0.5) is 0 Å². The Kier molecular flexibility index (Phi) is 13.9. The number of nitrogens with zero attached hydrogens (tertiary/aromatic N) is 1. The van der Waals surface area contributed by atoms with E-state index in [2.05, 4.69) is 35.7 Å². The monoisotopic (exact) mass is 422 g/mol. The van der Waals surface area contributed by atoms with Crippen molar-refractivity contribution >= 4 is 0 Å². The van der Waals surface area contributed by atoms with E-state index < -0.39 is 0 Å². The molecule has 1 saturated carbocycles. The minimum absolute atomic E-state index is 0.136. The molecule has 0 aromatic carbocycles. The average Bonchev–Trinajstić information content (AvgIpc) is 3.33. The Morgan fingerprint density at radius 2 is 2.07 bits per heavy atom. The van der Waals surface area contributed by atoms with E-state index in [1.165, 1.54) is 38.5 Å². The zero-order chi connectivity index (χ0) is 22.2. The van der Waals surface area contributed by atoms with Crippen LogP contribution in [-0.4, -0.2) is 47.6 Å². The number of rotatable bonds is 8. The second-order valence-corrected chi connectivity index (χ2v) is 8.92. The molecule has 1 aliphatic carbocycles. The van der Waals surface area contributed by atoms with E-state index in [0.717, 1.165) is 37.5 Å². The summed E-state index contributed by atoms with van der Waals surface area (Å²) in [5, 5.41) is 3.65. The zero-order valence-corrected chi connectivity index (χ0v) is 19.8. The number of aromatic nitrogens is 2. The summed E-state index contributed by atoms with van der Waals surface area (Å²) in [5.74, 6) is 0.905. The van der Waals surface area contributed by atoms with Crippen LogP contribution < -0.4 is 11.1 Å². The molecule has 1 unspecified atom stereocenters. The average molecular weight is 423 g/mol. The van der Waals surface area contributed by atoms with Crippen LogP contribution in [0.25, 0.3) is 0 Å². The third kappa shape index (κ3) is 11.3. The SMILES string of the molecule is C=CC.CC1(C)OCOC1CC[C@H](CC1CCCCC1)NCCN.Cc1cnc[nH]1.